The van der Waals surface area contributed by atoms with Crippen molar-refractivity contribution in [2.75, 3.05) is 0 Å². The monoisotopic (exact) mass is 291 g/mol. The molecule has 4 nitrogen and oxygen atoms in total. The molecule has 0 aliphatic carbocycles. The second kappa shape index (κ2) is 11.8. The molecular formula is C17H23O4+. The highest BCUT2D eigenvalue weighted by atomic mass is 16.4. The number of hydrogen-bond acceptors (Lipinski definition) is 3. The predicted octanol–water partition coefficient (Wildman–Crippen LogP) is 1.85. The van der Waals surface area contributed by atoms with Gasteiger partial charge in [0.25, 0.3) is 0 Å². The largest absolute Gasteiger partial charge is 0.579 e. The highest BCUT2D eigenvalue weighted by Crippen LogP contribution is 2.06. The summed E-state index contributed by atoms with van der Waals surface area (Å²) in [5.74, 6) is 1.99. The Kier molecular flexibility index (Phi) is 10.7. The molecule has 0 radical (unpaired) electrons. The zero-order chi connectivity index (χ0) is 16.1. The smallest absolute Gasteiger partial charge is 0.389 e. The van der Waals surface area contributed by atoms with Crippen LogP contribution in [-0.4, -0.2) is 35.2 Å². The van der Waals surface area contributed by atoms with Crippen LogP contribution in [0.5, 0.6) is 0 Å². The molecule has 0 bridgehead atoms. The van der Waals surface area contributed by atoms with Crippen LogP contribution in [0.25, 0.3) is 0 Å². The number of terminal acetylenes is 1. The van der Waals surface area contributed by atoms with Crippen molar-refractivity contribution in [2.24, 2.45) is 0 Å². The Hall–Kier alpha value is -1.96. The summed E-state index contributed by atoms with van der Waals surface area (Å²) >= 11 is 0. The van der Waals surface area contributed by atoms with E-state index in [2.05, 4.69) is 17.1 Å². The molecule has 0 heterocycles. The Bertz CT molecular complexity index is 452. The molecular weight excluding hydrogens is 268 g/mol. The van der Waals surface area contributed by atoms with Gasteiger partial charge in [0, 0.05) is 11.2 Å². The van der Waals surface area contributed by atoms with E-state index in [9.17, 15) is 15.0 Å². The lowest BCUT2D eigenvalue weighted by molar-refractivity contribution is -0.369. The van der Waals surface area contributed by atoms with Crippen LogP contribution in [0.4, 0.5) is 0 Å². The number of aliphatic hydroxyl groups is 2. The number of aliphatic hydroxyl groups excluding tert-OH is 2. The Morgan fingerprint density at radius 1 is 1.38 bits per heavy atom. The molecule has 0 amide bonds. The number of carbonyl (C=O) groups excluding carboxylic acids is 2. The first kappa shape index (κ1) is 19.0. The zero-order valence-electron chi connectivity index (χ0n) is 12.4. The van der Waals surface area contributed by atoms with E-state index in [0.29, 0.717) is 12.8 Å². The second-order valence-corrected chi connectivity index (χ2v) is 4.61. The maximum atomic E-state index is 10.9. The van der Waals surface area contributed by atoms with Gasteiger partial charge in [-0.1, -0.05) is 36.0 Å². The van der Waals surface area contributed by atoms with E-state index in [1.807, 2.05) is 13.0 Å². The molecule has 0 fully saturated rings. The van der Waals surface area contributed by atoms with Crippen LogP contribution in [0.1, 0.15) is 32.6 Å². The van der Waals surface area contributed by atoms with Gasteiger partial charge in [0.05, 0.1) is 12.2 Å². The summed E-state index contributed by atoms with van der Waals surface area (Å²) in [5.41, 5.74) is 0.887. The van der Waals surface area contributed by atoms with E-state index < -0.39 is 12.2 Å². The topological polar surface area (TPSA) is 68.8 Å². The van der Waals surface area contributed by atoms with Crippen molar-refractivity contribution in [3.8, 4) is 12.3 Å². The van der Waals surface area contributed by atoms with Crippen molar-refractivity contribution in [2.45, 2.75) is 44.8 Å². The van der Waals surface area contributed by atoms with E-state index in [0.717, 1.165) is 5.57 Å². The van der Waals surface area contributed by atoms with E-state index in [1.54, 1.807) is 24.3 Å². The summed E-state index contributed by atoms with van der Waals surface area (Å²) in [7, 11) is 0. The fourth-order valence-corrected chi connectivity index (χ4v) is 1.56. The molecule has 2 N–H and O–H groups in total. The maximum absolute atomic E-state index is 10.9. The third-order valence-electron chi connectivity index (χ3n) is 2.63. The first-order valence-corrected chi connectivity index (χ1v) is 6.77. The highest BCUT2D eigenvalue weighted by Gasteiger charge is 2.11. The van der Waals surface area contributed by atoms with Gasteiger partial charge in [-0.3, -0.25) is 4.42 Å². The number of rotatable bonds is 9. The summed E-state index contributed by atoms with van der Waals surface area (Å²) in [6, 6.07) is 0. The Balaban J connectivity index is 4.13. The second-order valence-electron chi connectivity index (χ2n) is 4.61. The van der Waals surface area contributed by atoms with Crippen molar-refractivity contribution < 1.29 is 19.4 Å². The molecule has 2 unspecified atom stereocenters. The molecule has 0 aromatic heterocycles. The van der Waals surface area contributed by atoms with Gasteiger partial charge in [0.2, 0.25) is 0 Å². The van der Waals surface area contributed by atoms with Gasteiger partial charge in [-0.2, -0.15) is 0 Å². The SMILES string of the molecule is C#CCC(O)/C=C/C=C/C(C)=C\C(O)CCCC(=O)[O+]=C. The third kappa shape index (κ3) is 11.6. The van der Waals surface area contributed by atoms with Crippen LogP contribution < -0.4 is 0 Å². The quantitative estimate of drug-likeness (QED) is 0.387. The predicted molar refractivity (Wildman–Crippen MR) is 83.5 cm³/mol. The van der Waals surface area contributed by atoms with Crippen molar-refractivity contribution in [3.63, 3.8) is 0 Å². The average Bonchev–Trinajstić information content (AvgIpc) is 2.43. The Labute approximate surface area is 126 Å². The lowest BCUT2D eigenvalue weighted by Crippen LogP contribution is -2.05. The Morgan fingerprint density at radius 3 is 2.71 bits per heavy atom. The summed E-state index contributed by atoms with van der Waals surface area (Å²) < 4.78 is 4.28. The minimum Gasteiger partial charge on any atom is -0.389 e. The molecule has 0 aromatic rings. The number of carbonyl (C=O) groups is 1. The molecule has 0 aromatic carbocycles. The van der Waals surface area contributed by atoms with Crippen LogP contribution in [0.2, 0.25) is 0 Å². The lowest BCUT2D eigenvalue weighted by atomic mass is 10.1. The minimum absolute atomic E-state index is 0.249. The van der Waals surface area contributed by atoms with Crippen LogP contribution in [0, 0.1) is 12.3 Å². The summed E-state index contributed by atoms with van der Waals surface area (Å²) in [6.45, 7) is 4.89. The molecule has 0 saturated heterocycles. The molecule has 0 spiro atoms. The normalized spacial score (nSPS) is 15.0. The molecule has 0 aliphatic heterocycles. The molecule has 0 aliphatic rings. The van der Waals surface area contributed by atoms with Gasteiger partial charge < -0.3 is 10.2 Å². The standard InChI is InChI=1S/C17H23O4/c1-4-8-15(18)10-6-5-9-14(2)13-16(19)11-7-12-17(20)21-3/h1,5-6,9-10,13,15-16,18-19H,3,7-8,11-12H2,2H3/q+1/b9-5+,10-6+,14-13-. The Morgan fingerprint density at radius 2 is 2.10 bits per heavy atom. The van der Waals surface area contributed by atoms with Crippen LogP contribution in [0.3, 0.4) is 0 Å². The van der Waals surface area contributed by atoms with E-state index >= 15 is 0 Å². The maximum Gasteiger partial charge on any atom is 0.579 e. The van der Waals surface area contributed by atoms with Crippen LogP contribution >= 0.6 is 0 Å². The fraction of sp³-hybridized carbons (Fsp3) is 0.412. The van der Waals surface area contributed by atoms with Crippen molar-refractivity contribution in [1.82, 2.24) is 0 Å². The van der Waals surface area contributed by atoms with E-state index in [4.69, 9.17) is 6.42 Å². The van der Waals surface area contributed by atoms with Gasteiger partial charge in [-0.15, -0.1) is 12.3 Å². The van der Waals surface area contributed by atoms with Gasteiger partial charge in [-0.05, 0) is 19.8 Å². The first-order valence-electron chi connectivity index (χ1n) is 6.77. The molecule has 0 saturated carbocycles. The van der Waals surface area contributed by atoms with Gasteiger partial charge in [0.1, 0.15) is 6.42 Å². The highest BCUT2D eigenvalue weighted by molar-refractivity contribution is 5.66. The number of allylic oxidation sites excluding steroid dienone is 4. The van der Waals surface area contributed by atoms with Crippen LogP contribution in [-0.2, 0) is 9.22 Å². The van der Waals surface area contributed by atoms with Crippen molar-refractivity contribution >= 4 is 12.8 Å². The zero-order valence-corrected chi connectivity index (χ0v) is 12.4. The average molecular weight is 291 g/mol. The van der Waals surface area contributed by atoms with E-state index in [1.165, 1.54) is 0 Å². The molecule has 114 valence electrons. The van der Waals surface area contributed by atoms with Crippen molar-refractivity contribution in [1.29, 1.82) is 0 Å². The molecule has 0 rings (SSSR count). The van der Waals surface area contributed by atoms with Gasteiger partial charge >= 0.3 is 5.97 Å². The summed E-state index contributed by atoms with van der Waals surface area (Å²) in [5, 5.41) is 19.1. The molecule has 4 heteroatoms. The minimum atomic E-state index is -0.637. The van der Waals surface area contributed by atoms with Crippen LogP contribution in [0.15, 0.2) is 36.0 Å². The summed E-state index contributed by atoms with van der Waals surface area (Å²) in [6.07, 6.45) is 14.0. The van der Waals surface area contributed by atoms with Crippen molar-refractivity contribution in [3.05, 3.63) is 36.0 Å². The molecule has 21 heavy (non-hydrogen) atoms. The van der Waals surface area contributed by atoms with Gasteiger partial charge in [0.15, 0.2) is 6.79 Å². The fourth-order valence-electron chi connectivity index (χ4n) is 1.56. The number of hydrogen-bond donors (Lipinski definition) is 2. The lowest BCUT2D eigenvalue weighted by Gasteiger charge is -2.03. The van der Waals surface area contributed by atoms with E-state index in [-0.39, 0.29) is 18.8 Å². The summed E-state index contributed by atoms with van der Waals surface area (Å²) in [4.78, 5) is 10.9. The molecule has 2 atom stereocenters. The third-order valence-corrected chi connectivity index (χ3v) is 2.63. The first-order chi connectivity index (χ1) is 9.99. The van der Waals surface area contributed by atoms with Gasteiger partial charge in [-0.25, -0.2) is 0 Å².